The summed E-state index contributed by atoms with van der Waals surface area (Å²) in [5.74, 6) is 0.243. The van der Waals surface area contributed by atoms with Crippen LogP contribution in [0.15, 0.2) is 36.7 Å². The molecule has 0 fully saturated rings. The Hall–Kier alpha value is -3.81. The van der Waals surface area contributed by atoms with E-state index in [0.29, 0.717) is 11.3 Å². The first-order valence-corrected chi connectivity index (χ1v) is 9.93. The van der Waals surface area contributed by atoms with E-state index >= 15 is 0 Å². The maximum atomic E-state index is 13.3. The first-order valence-electron chi connectivity index (χ1n) is 9.93. The Kier molecular flexibility index (Phi) is 5.14. The molecule has 0 aliphatic carbocycles. The lowest BCUT2D eigenvalue weighted by atomic mass is 10.0. The molecule has 0 atom stereocenters. The van der Waals surface area contributed by atoms with E-state index in [2.05, 4.69) is 32.7 Å². The van der Waals surface area contributed by atoms with Crippen molar-refractivity contribution in [2.45, 2.75) is 13.8 Å². The molecule has 0 aliphatic heterocycles. The minimum absolute atomic E-state index is 0.235. The highest BCUT2D eigenvalue weighted by Crippen LogP contribution is 2.33. The first-order chi connectivity index (χ1) is 14.8. The summed E-state index contributed by atoms with van der Waals surface area (Å²) in [5, 5.41) is 15.6. The Bertz CT molecular complexity index is 1260. The molecule has 31 heavy (non-hydrogen) atoms. The number of aromatic nitrogens is 4. The Balaban J connectivity index is 1.75. The van der Waals surface area contributed by atoms with Crippen LogP contribution >= 0.6 is 0 Å². The molecule has 0 unspecified atom stereocenters. The number of hydrogen-bond acceptors (Lipinski definition) is 5. The fraction of sp³-hybridized carbons (Fsp3) is 0.261. The standard InChI is InChI=1S/C23H26N6O2/c1-13-7-16(28(3)4)8-14(2)21(13)25-23(30)18-9-17-19(10-20(18)31-6)26-27-22(17)15-11-24-29(5)12-15/h7-12H,1-6H3,(H,25,30)(H,26,27). The van der Waals surface area contributed by atoms with Crippen molar-refractivity contribution in [1.29, 1.82) is 0 Å². The zero-order valence-corrected chi connectivity index (χ0v) is 18.6. The lowest BCUT2D eigenvalue weighted by molar-refractivity contribution is 0.102. The van der Waals surface area contributed by atoms with Crippen molar-refractivity contribution in [2.75, 3.05) is 31.4 Å². The van der Waals surface area contributed by atoms with E-state index in [-0.39, 0.29) is 5.91 Å². The average Bonchev–Trinajstić information content (AvgIpc) is 3.34. The molecule has 2 aromatic carbocycles. The van der Waals surface area contributed by atoms with Crippen molar-refractivity contribution < 1.29 is 9.53 Å². The van der Waals surface area contributed by atoms with Gasteiger partial charge in [0.05, 0.1) is 24.4 Å². The van der Waals surface area contributed by atoms with Gasteiger partial charge in [0, 0.05) is 55.7 Å². The number of rotatable bonds is 5. The molecule has 2 heterocycles. The molecule has 8 nitrogen and oxygen atoms in total. The number of H-pyrrole nitrogens is 1. The topological polar surface area (TPSA) is 88.1 Å². The number of amides is 1. The number of fused-ring (bicyclic) bond motifs is 1. The number of nitrogens with one attached hydrogen (secondary N) is 2. The van der Waals surface area contributed by atoms with Crippen molar-refractivity contribution in [1.82, 2.24) is 20.0 Å². The third kappa shape index (κ3) is 3.72. The van der Waals surface area contributed by atoms with Gasteiger partial charge in [-0.3, -0.25) is 14.6 Å². The number of aromatic amines is 1. The molecule has 2 aromatic heterocycles. The molecule has 4 rings (SSSR count). The lowest BCUT2D eigenvalue weighted by Gasteiger charge is -2.18. The van der Waals surface area contributed by atoms with Gasteiger partial charge in [0.25, 0.3) is 5.91 Å². The smallest absolute Gasteiger partial charge is 0.259 e. The van der Waals surface area contributed by atoms with E-state index in [0.717, 1.165) is 44.7 Å². The number of nitrogens with zero attached hydrogens (tertiary/aromatic N) is 4. The molecular formula is C23H26N6O2. The molecule has 0 radical (unpaired) electrons. The van der Waals surface area contributed by atoms with Crippen LogP contribution in [0.25, 0.3) is 22.2 Å². The molecular weight excluding hydrogens is 392 g/mol. The van der Waals surface area contributed by atoms with Crippen LogP contribution in [0.1, 0.15) is 21.5 Å². The summed E-state index contributed by atoms with van der Waals surface area (Å²) in [6.45, 7) is 3.99. The molecule has 1 amide bonds. The molecule has 0 spiro atoms. The fourth-order valence-electron chi connectivity index (χ4n) is 3.73. The average molecular weight is 419 g/mol. The van der Waals surface area contributed by atoms with Crippen LogP contribution in [0, 0.1) is 13.8 Å². The number of carbonyl (C=O) groups is 1. The van der Waals surface area contributed by atoms with Crippen molar-refractivity contribution in [2.24, 2.45) is 7.05 Å². The Morgan fingerprint density at radius 3 is 2.45 bits per heavy atom. The van der Waals surface area contributed by atoms with Gasteiger partial charge in [0.2, 0.25) is 0 Å². The molecule has 4 aromatic rings. The second-order valence-electron chi connectivity index (χ2n) is 7.88. The Morgan fingerprint density at radius 1 is 1.16 bits per heavy atom. The van der Waals surface area contributed by atoms with Gasteiger partial charge in [-0.25, -0.2) is 0 Å². The highest BCUT2D eigenvalue weighted by atomic mass is 16.5. The van der Waals surface area contributed by atoms with Crippen molar-refractivity contribution in [3.8, 4) is 17.0 Å². The van der Waals surface area contributed by atoms with Gasteiger partial charge in [-0.2, -0.15) is 10.2 Å². The largest absolute Gasteiger partial charge is 0.496 e. The van der Waals surface area contributed by atoms with Gasteiger partial charge in [0.15, 0.2) is 0 Å². The molecule has 0 bridgehead atoms. The summed E-state index contributed by atoms with van der Waals surface area (Å²) in [7, 11) is 7.40. The van der Waals surface area contributed by atoms with Crippen LogP contribution < -0.4 is 15.0 Å². The van der Waals surface area contributed by atoms with E-state index in [9.17, 15) is 4.79 Å². The number of benzene rings is 2. The van der Waals surface area contributed by atoms with Crippen molar-refractivity contribution >= 4 is 28.2 Å². The quantitative estimate of drug-likeness (QED) is 0.513. The fourth-order valence-corrected chi connectivity index (χ4v) is 3.73. The Morgan fingerprint density at radius 2 is 1.87 bits per heavy atom. The molecule has 8 heteroatoms. The van der Waals surface area contributed by atoms with E-state index in [1.807, 2.05) is 52.2 Å². The minimum Gasteiger partial charge on any atom is -0.496 e. The van der Waals surface area contributed by atoms with Gasteiger partial charge in [-0.15, -0.1) is 0 Å². The van der Waals surface area contributed by atoms with Crippen LogP contribution in [0.5, 0.6) is 5.75 Å². The molecule has 0 saturated carbocycles. The van der Waals surface area contributed by atoms with Crippen LogP contribution in [0.2, 0.25) is 0 Å². The normalized spacial score (nSPS) is 11.0. The number of ether oxygens (including phenoxy) is 1. The summed E-state index contributed by atoms with van der Waals surface area (Å²) >= 11 is 0. The Labute approximate surface area is 180 Å². The summed E-state index contributed by atoms with van der Waals surface area (Å²) in [6.07, 6.45) is 3.64. The third-order valence-electron chi connectivity index (χ3n) is 5.38. The number of aryl methyl sites for hydroxylation is 3. The maximum Gasteiger partial charge on any atom is 0.259 e. The molecule has 160 valence electrons. The molecule has 2 N–H and O–H groups in total. The van der Waals surface area contributed by atoms with Crippen LogP contribution in [-0.2, 0) is 7.05 Å². The van der Waals surface area contributed by atoms with Crippen molar-refractivity contribution in [3.05, 3.63) is 53.3 Å². The monoisotopic (exact) mass is 418 g/mol. The van der Waals surface area contributed by atoms with Gasteiger partial charge >= 0.3 is 0 Å². The maximum absolute atomic E-state index is 13.3. The lowest BCUT2D eigenvalue weighted by Crippen LogP contribution is -2.16. The number of anilines is 2. The zero-order chi connectivity index (χ0) is 22.3. The number of hydrogen-bond donors (Lipinski definition) is 2. The molecule has 0 aliphatic rings. The summed E-state index contributed by atoms with van der Waals surface area (Å²) in [5.41, 5.74) is 6.72. The van der Waals surface area contributed by atoms with Crippen LogP contribution in [-0.4, -0.2) is 47.1 Å². The highest BCUT2D eigenvalue weighted by Gasteiger charge is 2.19. The van der Waals surface area contributed by atoms with Gasteiger partial charge in [0.1, 0.15) is 11.4 Å². The van der Waals surface area contributed by atoms with Gasteiger partial charge in [-0.05, 0) is 43.2 Å². The number of carbonyl (C=O) groups excluding carboxylic acids is 1. The first kappa shape index (κ1) is 20.5. The third-order valence-corrected chi connectivity index (χ3v) is 5.38. The highest BCUT2D eigenvalue weighted by molar-refractivity contribution is 6.10. The summed E-state index contributed by atoms with van der Waals surface area (Å²) < 4.78 is 7.23. The van der Waals surface area contributed by atoms with Gasteiger partial charge < -0.3 is 15.0 Å². The summed E-state index contributed by atoms with van der Waals surface area (Å²) in [6, 6.07) is 7.72. The number of methoxy groups -OCH3 is 1. The molecule has 0 saturated heterocycles. The second-order valence-corrected chi connectivity index (χ2v) is 7.88. The predicted molar refractivity (Wildman–Crippen MR) is 123 cm³/mol. The zero-order valence-electron chi connectivity index (χ0n) is 18.6. The van der Waals surface area contributed by atoms with Crippen molar-refractivity contribution in [3.63, 3.8) is 0 Å². The van der Waals surface area contributed by atoms with E-state index in [4.69, 9.17) is 4.74 Å². The minimum atomic E-state index is -0.235. The van der Waals surface area contributed by atoms with E-state index in [1.54, 1.807) is 24.1 Å². The SMILES string of the molecule is COc1cc2[nH]nc(-c3cnn(C)c3)c2cc1C(=O)Nc1c(C)cc(N(C)C)cc1C. The van der Waals surface area contributed by atoms with Crippen LogP contribution in [0.4, 0.5) is 11.4 Å². The summed E-state index contributed by atoms with van der Waals surface area (Å²) in [4.78, 5) is 15.3. The van der Waals surface area contributed by atoms with Crippen LogP contribution in [0.3, 0.4) is 0 Å². The predicted octanol–water partition coefficient (Wildman–Crippen LogP) is 3.91. The van der Waals surface area contributed by atoms with E-state index < -0.39 is 0 Å². The van der Waals surface area contributed by atoms with E-state index in [1.165, 1.54) is 0 Å². The second kappa shape index (κ2) is 7.79. The van der Waals surface area contributed by atoms with Gasteiger partial charge in [-0.1, -0.05) is 0 Å².